The summed E-state index contributed by atoms with van der Waals surface area (Å²) in [5, 5.41) is 11.4. The molecular weight excluding hydrogens is 388 g/mol. The molecule has 0 atom stereocenters. The fourth-order valence-electron chi connectivity index (χ4n) is 2.08. The predicted molar refractivity (Wildman–Crippen MR) is 98.8 cm³/mol. The van der Waals surface area contributed by atoms with Crippen LogP contribution in [-0.2, 0) is 15.9 Å². The van der Waals surface area contributed by atoms with E-state index in [1.165, 1.54) is 0 Å². The van der Waals surface area contributed by atoms with Crippen molar-refractivity contribution < 1.29 is 19.4 Å². The van der Waals surface area contributed by atoms with Crippen LogP contribution in [0.4, 0.5) is 5.69 Å². The molecular formula is C18H21BrN2O4. The van der Waals surface area contributed by atoms with Crippen LogP contribution in [0.2, 0.25) is 0 Å². The summed E-state index contributed by atoms with van der Waals surface area (Å²) in [6.45, 7) is 1.91. The van der Waals surface area contributed by atoms with E-state index in [1.54, 1.807) is 24.4 Å². The van der Waals surface area contributed by atoms with Gasteiger partial charge in [0.25, 0.3) is 5.91 Å². The molecule has 0 bridgehead atoms. The second-order valence-corrected chi connectivity index (χ2v) is 6.04. The Morgan fingerprint density at radius 2 is 1.92 bits per heavy atom. The molecule has 0 saturated carbocycles. The van der Waals surface area contributed by atoms with E-state index >= 15 is 0 Å². The highest BCUT2D eigenvalue weighted by atomic mass is 79.9. The average Bonchev–Trinajstić information content (AvgIpc) is 2.64. The number of pyridine rings is 1. The molecule has 0 fully saturated rings. The lowest BCUT2D eigenvalue weighted by molar-refractivity contribution is 0.0340. The van der Waals surface area contributed by atoms with Gasteiger partial charge in [-0.3, -0.25) is 9.78 Å². The number of aliphatic hydroxyl groups excluding tert-OH is 1. The van der Waals surface area contributed by atoms with E-state index in [-0.39, 0.29) is 12.5 Å². The van der Waals surface area contributed by atoms with Gasteiger partial charge in [0.05, 0.1) is 38.7 Å². The second kappa shape index (κ2) is 10.9. The van der Waals surface area contributed by atoms with Crippen LogP contribution in [-0.4, -0.2) is 49.0 Å². The maximum Gasteiger partial charge on any atom is 0.274 e. The number of hydrogen-bond donors (Lipinski definition) is 2. The van der Waals surface area contributed by atoms with Gasteiger partial charge in [0.15, 0.2) is 0 Å². The molecule has 134 valence electrons. The fraction of sp³-hybridized carbons (Fsp3) is 0.333. The molecule has 2 rings (SSSR count). The summed E-state index contributed by atoms with van der Waals surface area (Å²) in [6, 6.07) is 11.0. The molecule has 0 aliphatic carbocycles. The largest absolute Gasteiger partial charge is 0.394 e. The molecule has 0 unspecified atom stereocenters. The van der Waals surface area contributed by atoms with E-state index in [9.17, 15) is 4.79 Å². The molecule has 0 aliphatic rings. The first-order valence-corrected chi connectivity index (χ1v) is 8.77. The molecule has 0 radical (unpaired) electrons. The van der Waals surface area contributed by atoms with Gasteiger partial charge in [-0.2, -0.15) is 0 Å². The van der Waals surface area contributed by atoms with Crippen molar-refractivity contribution in [2.75, 3.05) is 38.4 Å². The average molecular weight is 409 g/mol. The molecule has 2 aromatic rings. The molecule has 2 N–H and O–H groups in total. The number of aliphatic hydroxyl groups is 1. The summed E-state index contributed by atoms with van der Waals surface area (Å²) in [5.74, 6) is -0.250. The Morgan fingerprint density at radius 1 is 1.12 bits per heavy atom. The number of rotatable bonds is 10. The van der Waals surface area contributed by atoms with Crippen molar-refractivity contribution >= 4 is 27.5 Å². The van der Waals surface area contributed by atoms with Gasteiger partial charge in [-0.15, -0.1) is 0 Å². The standard InChI is InChI=1S/C18H21BrN2O4/c19-15-13-14(6-9-24-11-12-25-10-8-22)4-5-16(15)21-18(23)17-3-1-2-7-20-17/h1-5,7,13,22H,6,8-12H2,(H,21,23). The van der Waals surface area contributed by atoms with Crippen LogP contribution < -0.4 is 5.32 Å². The van der Waals surface area contributed by atoms with Crippen molar-refractivity contribution in [1.29, 1.82) is 0 Å². The van der Waals surface area contributed by atoms with Gasteiger partial charge in [-0.1, -0.05) is 12.1 Å². The van der Waals surface area contributed by atoms with Gasteiger partial charge in [-0.05, 0) is 52.2 Å². The van der Waals surface area contributed by atoms with Crippen LogP contribution in [0.15, 0.2) is 47.1 Å². The van der Waals surface area contributed by atoms with Crippen LogP contribution in [0.3, 0.4) is 0 Å². The molecule has 0 aliphatic heterocycles. The molecule has 1 amide bonds. The monoisotopic (exact) mass is 408 g/mol. The third kappa shape index (κ3) is 6.91. The molecule has 25 heavy (non-hydrogen) atoms. The van der Waals surface area contributed by atoms with Gasteiger partial charge in [0.2, 0.25) is 0 Å². The molecule has 1 heterocycles. The molecule has 0 spiro atoms. The highest BCUT2D eigenvalue weighted by Gasteiger charge is 2.09. The highest BCUT2D eigenvalue weighted by Crippen LogP contribution is 2.24. The number of carbonyl (C=O) groups excluding carboxylic acids is 1. The topological polar surface area (TPSA) is 80.7 Å². The summed E-state index contributed by atoms with van der Waals surface area (Å²) in [7, 11) is 0. The lowest BCUT2D eigenvalue weighted by Crippen LogP contribution is -2.13. The van der Waals surface area contributed by atoms with Crippen molar-refractivity contribution in [1.82, 2.24) is 4.98 Å². The number of benzene rings is 1. The van der Waals surface area contributed by atoms with Crippen LogP contribution >= 0.6 is 15.9 Å². The van der Waals surface area contributed by atoms with Gasteiger partial charge >= 0.3 is 0 Å². The van der Waals surface area contributed by atoms with Crippen LogP contribution in [0.1, 0.15) is 16.1 Å². The molecule has 1 aromatic carbocycles. The number of nitrogens with one attached hydrogen (secondary N) is 1. The summed E-state index contributed by atoms with van der Waals surface area (Å²) >= 11 is 3.48. The SMILES string of the molecule is O=C(Nc1ccc(CCOCCOCCO)cc1Br)c1ccccn1. The predicted octanol–water partition coefficient (Wildman–Crippen LogP) is 2.66. The van der Waals surface area contributed by atoms with Crippen molar-refractivity contribution in [3.63, 3.8) is 0 Å². The van der Waals surface area contributed by atoms with E-state index in [0.717, 1.165) is 16.5 Å². The maximum atomic E-state index is 12.1. The highest BCUT2D eigenvalue weighted by molar-refractivity contribution is 9.10. The maximum absolute atomic E-state index is 12.1. The summed E-state index contributed by atoms with van der Waals surface area (Å²) in [4.78, 5) is 16.2. The minimum atomic E-state index is -0.250. The third-order valence-corrected chi connectivity index (χ3v) is 3.98. The van der Waals surface area contributed by atoms with Crippen LogP contribution in [0.25, 0.3) is 0 Å². The number of ether oxygens (including phenoxy) is 2. The van der Waals surface area contributed by atoms with E-state index in [1.807, 2.05) is 18.2 Å². The first-order valence-electron chi connectivity index (χ1n) is 7.98. The van der Waals surface area contributed by atoms with Crippen LogP contribution in [0.5, 0.6) is 0 Å². The number of halogens is 1. The van der Waals surface area contributed by atoms with E-state index < -0.39 is 0 Å². The quantitative estimate of drug-likeness (QED) is 0.590. The molecule has 1 aromatic heterocycles. The molecule has 7 heteroatoms. The first-order chi connectivity index (χ1) is 12.2. The lowest BCUT2D eigenvalue weighted by atomic mass is 10.1. The van der Waals surface area contributed by atoms with Gasteiger partial charge in [-0.25, -0.2) is 0 Å². The van der Waals surface area contributed by atoms with Crippen molar-refractivity contribution in [2.24, 2.45) is 0 Å². The number of nitrogens with zero attached hydrogens (tertiary/aromatic N) is 1. The first kappa shape index (κ1) is 19.5. The summed E-state index contributed by atoms with van der Waals surface area (Å²) in [5.41, 5.74) is 2.16. The molecule has 0 saturated heterocycles. The number of amides is 1. The van der Waals surface area contributed by atoms with E-state index in [0.29, 0.717) is 37.8 Å². The molecule has 6 nitrogen and oxygen atoms in total. The minimum Gasteiger partial charge on any atom is -0.394 e. The minimum absolute atomic E-state index is 0.0250. The Labute approximate surface area is 155 Å². The summed E-state index contributed by atoms with van der Waals surface area (Å²) < 4.78 is 11.4. The number of carbonyl (C=O) groups is 1. The van der Waals surface area contributed by atoms with Gasteiger partial charge in [0.1, 0.15) is 5.69 Å². The number of hydrogen-bond acceptors (Lipinski definition) is 5. The van der Waals surface area contributed by atoms with Crippen molar-refractivity contribution in [2.45, 2.75) is 6.42 Å². The van der Waals surface area contributed by atoms with Crippen molar-refractivity contribution in [3.8, 4) is 0 Å². The fourth-order valence-corrected chi connectivity index (χ4v) is 2.60. The third-order valence-electron chi connectivity index (χ3n) is 3.32. The number of aromatic nitrogens is 1. The second-order valence-electron chi connectivity index (χ2n) is 5.18. The Kier molecular flexibility index (Phi) is 8.54. The Balaban J connectivity index is 1.79. The van der Waals surface area contributed by atoms with Gasteiger partial charge < -0.3 is 19.9 Å². The van der Waals surface area contributed by atoms with E-state index in [4.69, 9.17) is 14.6 Å². The summed E-state index contributed by atoms with van der Waals surface area (Å²) in [6.07, 6.45) is 2.34. The Morgan fingerprint density at radius 3 is 2.60 bits per heavy atom. The smallest absolute Gasteiger partial charge is 0.274 e. The van der Waals surface area contributed by atoms with Gasteiger partial charge in [0, 0.05) is 10.7 Å². The lowest BCUT2D eigenvalue weighted by Gasteiger charge is -2.09. The zero-order valence-corrected chi connectivity index (χ0v) is 15.4. The van der Waals surface area contributed by atoms with Crippen LogP contribution in [0, 0.1) is 0 Å². The van der Waals surface area contributed by atoms with Crippen molar-refractivity contribution in [3.05, 3.63) is 58.3 Å². The zero-order chi connectivity index (χ0) is 17.9. The zero-order valence-electron chi connectivity index (χ0n) is 13.8. The van der Waals surface area contributed by atoms with E-state index in [2.05, 4.69) is 26.2 Å². The number of anilines is 1. The normalized spacial score (nSPS) is 10.6. The Bertz CT molecular complexity index is 667. The Hall–Kier alpha value is -1.80.